The molecule has 3 aliphatic rings. The van der Waals surface area contributed by atoms with Gasteiger partial charge in [-0.25, -0.2) is 0 Å². The fourth-order valence-corrected chi connectivity index (χ4v) is 4.69. The Morgan fingerprint density at radius 1 is 1.29 bits per heavy atom. The zero-order valence-electron chi connectivity index (χ0n) is 13.7. The highest BCUT2D eigenvalue weighted by atomic mass is 16.5. The van der Waals surface area contributed by atoms with Crippen LogP contribution in [0.2, 0.25) is 0 Å². The second kappa shape index (κ2) is 5.08. The molecule has 2 unspecified atom stereocenters. The normalized spacial score (nSPS) is 44.0. The molecule has 2 heteroatoms. The van der Waals surface area contributed by atoms with Crippen LogP contribution in [0.15, 0.2) is 23.8 Å². The van der Waals surface area contributed by atoms with Gasteiger partial charge in [-0.2, -0.15) is 0 Å². The van der Waals surface area contributed by atoms with Crippen molar-refractivity contribution in [2.75, 3.05) is 6.61 Å². The lowest BCUT2D eigenvalue weighted by atomic mass is 9.35. The number of ketones is 1. The summed E-state index contributed by atoms with van der Waals surface area (Å²) in [5, 5.41) is 0. The number of carbonyl (C=O) groups excluding carboxylic acids is 1. The summed E-state index contributed by atoms with van der Waals surface area (Å²) in [6.07, 6.45) is 9.13. The summed E-state index contributed by atoms with van der Waals surface area (Å²) in [6, 6.07) is 0. The van der Waals surface area contributed by atoms with E-state index >= 15 is 0 Å². The number of hydrogen-bond donors (Lipinski definition) is 0. The highest BCUT2D eigenvalue weighted by Crippen LogP contribution is 2.74. The van der Waals surface area contributed by atoms with Crippen molar-refractivity contribution >= 4 is 5.78 Å². The van der Waals surface area contributed by atoms with Gasteiger partial charge in [0.05, 0.1) is 12.7 Å². The second-order valence-corrected chi connectivity index (χ2v) is 7.79. The molecule has 0 spiro atoms. The molecule has 0 aliphatic heterocycles. The van der Waals surface area contributed by atoms with E-state index in [2.05, 4.69) is 26.5 Å². The summed E-state index contributed by atoms with van der Waals surface area (Å²) in [6.45, 7) is 11.4. The number of ether oxygens (including phenoxy) is 1. The van der Waals surface area contributed by atoms with Gasteiger partial charge in [-0.15, -0.1) is 0 Å². The van der Waals surface area contributed by atoms with Gasteiger partial charge in [0.15, 0.2) is 0 Å². The molecule has 0 heterocycles. The molecule has 0 bridgehead atoms. The van der Waals surface area contributed by atoms with Crippen molar-refractivity contribution in [3.05, 3.63) is 23.8 Å². The predicted molar refractivity (Wildman–Crippen MR) is 85.1 cm³/mol. The smallest absolute Gasteiger partial charge is 0.132 e. The molecular formula is C19H28O2. The zero-order valence-corrected chi connectivity index (χ0v) is 13.7. The molecule has 0 aromatic carbocycles. The number of carbonyl (C=O) groups is 1. The van der Waals surface area contributed by atoms with E-state index in [0.29, 0.717) is 17.3 Å². The van der Waals surface area contributed by atoms with Gasteiger partial charge in [0.25, 0.3) is 0 Å². The average molecular weight is 288 g/mol. The fraction of sp³-hybridized carbons (Fsp3) is 0.737. The van der Waals surface area contributed by atoms with Crippen LogP contribution < -0.4 is 0 Å². The highest BCUT2D eigenvalue weighted by molar-refractivity contribution is 5.78. The van der Waals surface area contributed by atoms with Crippen LogP contribution in [0, 0.1) is 16.7 Å². The van der Waals surface area contributed by atoms with Crippen LogP contribution in [-0.4, -0.2) is 18.5 Å². The molecular weight excluding hydrogens is 260 g/mol. The van der Waals surface area contributed by atoms with Crippen molar-refractivity contribution in [3.8, 4) is 0 Å². The molecule has 0 aromatic rings. The highest BCUT2D eigenvalue weighted by Gasteiger charge is 2.64. The van der Waals surface area contributed by atoms with E-state index in [1.807, 2.05) is 0 Å². The number of rotatable bonds is 4. The van der Waals surface area contributed by atoms with Crippen LogP contribution in [0.5, 0.6) is 0 Å². The quantitative estimate of drug-likeness (QED) is 0.714. The minimum Gasteiger partial charge on any atom is -0.374 e. The minimum atomic E-state index is 0.253. The van der Waals surface area contributed by atoms with Gasteiger partial charge in [0.2, 0.25) is 0 Å². The molecule has 3 fully saturated rings. The zero-order chi connectivity index (χ0) is 15.3. The molecule has 2 nitrogen and oxygen atoms in total. The summed E-state index contributed by atoms with van der Waals surface area (Å²) >= 11 is 0. The Labute approximate surface area is 128 Å². The van der Waals surface area contributed by atoms with E-state index in [0.717, 1.165) is 32.3 Å². The minimum absolute atomic E-state index is 0.253. The van der Waals surface area contributed by atoms with E-state index < -0.39 is 0 Å². The monoisotopic (exact) mass is 288 g/mol. The molecule has 2 atom stereocenters. The summed E-state index contributed by atoms with van der Waals surface area (Å²) in [5.41, 5.74) is 3.64. The Morgan fingerprint density at radius 3 is 2.48 bits per heavy atom. The summed E-state index contributed by atoms with van der Waals surface area (Å²) in [5.74, 6) is 0.633. The van der Waals surface area contributed by atoms with Gasteiger partial charge in [-0.05, 0) is 50.9 Å². The van der Waals surface area contributed by atoms with Crippen LogP contribution >= 0.6 is 0 Å². The first kappa shape index (κ1) is 15.0. The Balaban J connectivity index is 1.47. The molecule has 0 N–H and O–H groups in total. The SMILES string of the molecule is C=C1CC2(C)C/C(=C\COC3CCC(C(C)=O)CC3)C12C. The number of hydrogen-bond acceptors (Lipinski definition) is 2. The third-order valence-corrected chi connectivity index (χ3v) is 6.65. The van der Waals surface area contributed by atoms with Gasteiger partial charge >= 0.3 is 0 Å². The van der Waals surface area contributed by atoms with Gasteiger partial charge in [-0.1, -0.05) is 37.6 Å². The molecule has 3 aliphatic carbocycles. The summed E-state index contributed by atoms with van der Waals surface area (Å²) in [4.78, 5) is 11.4. The summed E-state index contributed by atoms with van der Waals surface area (Å²) in [7, 11) is 0. The second-order valence-electron chi connectivity index (χ2n) is 7.79. The van der Waals surface area contributed by atoms with Crippen molar-refractivity contribution in [1.29, 1.82) is 0 Å². The van der Waals surface area contributed by atoms with Crippen molar-refractivity contribution in [3.63, 3.8) is 0 Å². The molecule has 0 aromatic heterocycles. The van der Waals surface area contributed by atoms with Crippen LogP contribution in [0.3, 0.4) is 0 Å². The van der Waals surface area contributed by atoms with Crippen LogP contribution in [0.25, 0.3) is 0 Å². The third-order valence-electron chi connectivity index (χ3n) is 6.65. The lowest BCUT2D eigenvalue weighted by Crippen LogP contribution is -2.59. The standard InChI is InChI=1S/C19H28O2/c1-13-11-18(3)12-16(19(13,18)4)9-10-21-17-7-5-15(6-8-17)14(2)20/h9,15,17H,1,5-8,10-12H2,2-4H3/b16-9+. The fourth-order valence-electron chi connectivity index (χ4n) is 4.69. The number of Topliss-reactive ketones (excluding diaryl/α,β-unsaturated/α-hetero) is 1. The van der Waals surface area contributed by atoms with E-state index in [4.69, 9.17) is 4.74 Å². The van der Waals surface area contributed by atoms with E-state index in [9.17, 15) is 4.79 Å². The lowest BCUT2D eigenvalue weighted by molar-refractivity contribution is -0.122. The largest absolute Gasteiger partial charge is 0.374 e. The van der Waals surface area contributed by atoms with Crippen molar-refractivity contribution in [2.45, 2.75) is 65.4 Å². The molecule has 0 saturated heterocycles. The first-order chi connectivity index (χ1) is 9.87. The van der Waals surface area contributed by atoms with E-state index in [1.165, 1.54) is 24.0 Å². The molecule has 3 saturated carbocycles. The third kappa shape index (κ3) is 2.23. The van der Waals surface area contributed by atoms with Crippen molar-refractivity contribution < 1.29 is 9.53 Å². The molecule has 0 amide bonds. The summed E-state index contributed by atoms with van der Waals surface area (Å²) < 4.78 is 6.02. The molecule has 21 heavy (non-hydrogen) atoms. The van der Waals surface area contributed by atoms with Crippen LogP contribution in [-0.2, 0) is 9.53 Å². The van der Waals surface area contributed by atoms with Gasteiger partial charge in [0.1, 0.15) is 5.78 Å². The van der Waals surface area contributed by atoms with E-state index in [-0.39, 0.29) is 11.3 Å². The van der Waals surface area contributed by atoms with Crippen molar-refractivity contribution in [2.24, 2.45) is 16.7 Å². The molecule has 0 radical (unpaired) electrons. The maximum atomic E-state index is 11.4. The van der Waals surface area contributed by atoms with Crippen LogP contribution in [0.1, 0.15) is 59.3 Å². The Morgan fingerprint density at radius 2 is 1.95 bits per heavy atom. The Bertz CT molecular complexity index is 496. The van der Waals surface area contributed by atoms with Gasteiger partial charge in [0, 0.05) is 11.3 Å². The lowest BCUT2D eigenvalue weighted by Gasteiger charge is -2.68. The van der Waals surface area contributed by atoms with Gasteiger partial charge < -0.3 is 4.74 Å². The molecule has 3 rings (SSSR count). The average Bonchev–Trinajstić information content (AvgIpc) is 2.46. The first-order valence-corrected chi connectivity index (χ1v) is 8.36. The maximum absolute atomic E-state index is 11.4. The number of allylic oxidation sites excluding steroid dienone is 2. The van der Waals surface area contributed by atoms with Gasteiger partial charge in [-0.3, -0.25) is 4.79 Å². The number of fused-ring (bicyclic) bond motifs is 1. The maximum Gasteiger partial charge on any atom is 0.132 e. The Hall–Kier alpha value is -0.890. The predicted octanol–water partition coefficient (Wildman–Crippen LogP) is 4.45. The first-order valence-electron chi connectivity index (χ1n) is 8.36. The van der Waals surface area contributed by atoms with Crippen molar-refractivity contribution in [1.82, 2.24) is 0 Å². The van der Waals surface area contributed by atoms with E-state index in [1.54, 1.807) is 6.92 Å². The molecule has 116 valence electrons. The van der Waals surface area contributed by atoms with Crippen LogP contribution in [0.4, 0.5) is 0 Å². The Kier molecular flexibility index (Phi) is 3.64. The topological polar surface area (TPSA) is 26.3 Å².